The van der Waals surface area contributed by atoms with Crippen LogP contribution in [0.5, 0.6) is 0 Å². The van der Waals surface area contributed by atoms with Gasteiger partial charge in [-0.2, -0.15) is 0 Å². The van der Waals surface area contributed by atoms with Gasteiger partial charge in [0.05, 0.1) is 25.3 Å². The molecule has 352 valence electrons. The summed E-state index contributed by atoms with van der Waals surface area (Å²) in [6, 6.07) is 13.3. The number of carbonyl (C=O) groups excluding carboxylic acids is 6. The highest BCUT2D eigenvalue weighted by molar-refractivity contribution is 6.05. The number of hydrogen-bond acceptors (Lipinski definition) is 12. The van der Waals surface area contributed by atoms with Crippen LogP contribution in [0.25, 0.3) is 0 Å². The summed E-state index contributed by atoms with van der Waals surface area (Å²) in [5.74, 6) is -0.481. The molecule has 0 radical (unpaired) electrons. The first-order valence-corrected chi connectivity index (χ1v) is 23.6. The van der Waals surface area contributed by atoms with E-state index in [1.807, 2.05) is 41.1 Å². The third-order valence-electron chi connectivity index (χ3n) is 14.8. The van der Waals surface area contributed by atoms with Gasteiger partial charge in [-0.3, -0.25) is 29.3 Å². The van der Waals surface area contributed by atoms with Crippen molar-refractivity contribution in [1.29, 1.82) is 0 Å². The smallest absolute Gasteiger partial charge is 0.320 e. The molecule has 18 nitrogen and oxygen atoms in total. The van der Waals surface area contributed by atoms with Crippen LogP contribution < -0.4 is 26.2 Å². The van der Waals surface area contributed by atoms with E-state index in [0.717, 1.165) is 113 Å². The van der Waals surface area contributed by atoms with Gasteiger partial charge in [-0.25, -0.2) is 14.8 Å². The van der Waals surface area contributed by atoms with Crippen molar-refractivity contribution in [3.8, 4) is 0 Å². The quantitative estimate of drug-likeness (QED) is 0.156. The van der Waals surface area contributed by atoms with Crippen molar-refractivity contribution < 1.29 is 34.9 Å². The van der Waals surface area contributed by atoms with E-state index in [1.54, 1.807) is 22.1 Å². The summed E-state index contributed by atoms with van der Waals surface area (Å²) in [6.45, 7) is 7.48. The second kappa shape index (κ2) is 19.3. The molecule has 7 heterocycles. The Hall–Kier alpha value is -6.30. The monoisotopic (exact) mass is 905 g/mol. The van der Waals surface area contributed by atoms with Gasteiger partial charge in [0.1, 0.15) is 11.9 Å². The lowest BCUT2D eigenvalue weighted by molar-refractivity contribution is -0.137. The van der Waals surface area contributed by atoms with Crippen molar-refractivity contribution in [3.05, 3.63) is 71.0 Å². The second-order valence-corrected chi connectivity index (χ2v) is 18.8. The van der Waals surface area contributed by atoms with E-state index in [9.17, 15) is 28.8 Å². The molecule has 2 aromatic carbocycles. The fourth-order valence-electron chi connectivity index (χ4n) is 10.8. The van der Waals surface area contributed by atoms with Crippen LogP contribution in [0.4, 0.5) is 27.8 Å². The lowest BCUT2D eigenvalue weighted by Gasteiger charge is -2.47. The topological polar surface area (TPSA) is 207 Å². The zero-order chi connectivity index (χ0) is 46.0. The fourth-order valence-corrected chi connectivity index (χ4v) is 10.8. The Bertz CT molecular complexity index is 2350. The van der Waals surface area contributed by atoms with Crippen molar-refractivity contribution in [2.45, 2.75) is 89.3 Å². The van der Waals surface area contributed by atoms with Gasteiger partial charge in [0, 0.05) is 97.3 Å². The zero-order valence-electron chi connectivity index (χ0n) is 37.8. The van der Waals surface area contributed by atoms with Crippen LogP contribution in [0.3, 0.4) is 0 Å². The molecule has 4 N–H and O–H groups in total. The van der Waals surface area contributed by atoms with Gasteiger partial charge in [-0.05, 0) is 105 Å². The van der Waals surface area contributed by atoms with Crippen molar-refractivity contribution in [2.75, 3.05) is 87.7 Å². The van der Waals surface area contributed by atoms with E-state index >= 15 is 0 Å². The van der Waals surface area contributed by atoms with E-state index in [1.165, 1.54) is 0 Å². The second-order valence-electron chi connectivity index (χ2n) is 18.8. The maximum absolute atomic E-state index is 13.2. The number of rotatable bonds is 14. The van der Waals surface area contributed by atoms with Crippen LogP contribution in [0.15, 0.2) is 48.7 Å². The number of nitrogens with zero attached hydrogens (tertiary/aromatic N) is 8. The van der Waals surface area contributed by atoms with Crippen LogP contribution in [-0.4, -0.2) is 150 Å². The van der Waals surface area contributed by atoms with Gasteiger partial charge in [0.25, 0.3) is 11.8 Å². The Labute approximate surface area is 386 Å². The minimum Gasteiger partial charge on any atom is -0.381 e. The third kappa shape index (κ3) is 9.50. The van der Waals surface area contributed by atoms with Gasteiger partial charge in [-0.15, -0.1) is 0 Å². The number of aromatic nitrogens is 2. The first-order valence-electron chi connectivity index (χ1n) is 23.6. The van der Waals surface area contributed by atoms with Crippen molar-refractivity contribution in [3.63, 3.8) is 0 Å². The SMILES string of the molecule is CN1CCN([C@@H]2CCCN(c3cnc(C(N)=O)c(Nc4ccc(N5CCC6(CCN(C(=O)CCOCCCc7cccc8c7CN(C7CCC(=O)NC7=O)C8=O)CC6)CC5)cc4)n3)C2)C1=O.[HH]. The maximum Gasteiger partial charge on any atom is 0.320 e. The highest BCUT2D eigenvalue weighted by Crippen LogP contribution is 2.42. The van der Waals surface area contributed by atoms with Gasteiger partial charge in [0.15, 0.2) is 11.5 Å². The molecule has 0 bridgehead atoms. The molecule has 18 heteroatoms. The number of aryl methyl sites for hydroxylation is 1. The van der Waals surface area contributed by atoms with E-state index < -0.39 is 17.9 Å². The zero-order valence-corrected chi connectivity index (χ0v) is 37.8. The molecule has 6 aliphatic rings. The number of amides is 7. The number of nitrogens with one attached hydrogen (secondary N) is 2. The summed E-state index contributed by atoms with van der Waals surface area (Å²) >= 11 is 0. The first-order chi connectivity index (χ1) is 31.9. The van der Waals surface area contributed by atoms with Crippen LogP contribution in [0.1, 0.15) is 97.6 Å². The molecule has 5 saturated heterocycles. The molecule has 1 unspecified atom stereocenters. The summed E-state index contributed by atoms with van der Waals surface area (Å²) in [5.41, 5.74) is 10.5. The molecular formula is C48H63N11O7. The average Bonchev–Trinajstić information content (AvgIpc) is 3.85. The van der Waals surface area contributed by atoms with Crippen LogP contribution in [0.2, 0.25) is 0 Å². The van der Waals surface area contributed by atoms with Gasteiger partial charge >= 0.3 is 6.03 Å². The number of carbonyl (C=O) groups is 6. The van der Waals surface area contributed by atoms with Gasteiger partial charge in [0.2, 0.25) is 17.7 Å². The van der Waals surface area contributed by atoms with Gasteiger partial charge < -0.3 is 45.2 Å². The molecule has 66 heavy (non-hydrogen) atoms. The molecule has 0 saturated carbocycles. The Morgan fingerprint density at radius 3 is 2.41 bits per heavy atom. The minimum atomic E-state index is -0.665. The van der Waals surface area contributed by atoms with Crippen LogP contribution >= 0.6 is 0 Å². The number of benzene rings is 2. The standard InChI is InChI=1S/C48H61N11O7.H2/c1-54-25-26-58(47(54)65)35-7-3-20-57(30-35)39-29-50-42(43(49)62)44(52-39)51-33-9-11-34(12-10-33)55-21-16-48(17-22-55)18-23-56(24-19-48)41(61)15-28-66-27-4-6-32-5-2-8-36-37(32)31-59(46(36)64)38-13-14-40(60)53-45(38)63;/h2,5,8-12,29,35,38H,3-4,6-7,13-28,30-31H2,1H3,(H2,49,62)(H,51,52)(H,53,60,63);1H/t35-,38?;/m1./s1. The number of hydrogen-bond donors (Lipinski definition) is 3. The molecule has 1 aromatic heterocycles. The number of imide groups is 1. The predicted octanol–water partition coefficient (Wildman–Crippen LogP) is 3.91. The highest BCUT2D eigenvalue weighted by Gasteiger charge is 2.41. The number of primary amides is 1. The number of piperidine rings is 4. The first kappa shape index (κ1) is 44.9. The number of likely N-dealkylation sites (N-methyl/N-ethyl adjacent to an activating group) is 1. The Morgan fingerprint density at radius 1 is 0.909 bits per heavy atom. The normalized spacial score (nSPS) is 22.0. The summed E-state index contributed by atoms with van der Waals surface area (Å²) < 4.78 is 5.91. The van der Waals surface area contributed by atoms with Crippen LogP contribution in [-0.2, 0) is 32.1 Å². The Morgan fingerprint density at radius 2 is 1.68 bits per heavy atom. The Balaban J connectivity index is 0.00000608. The molecule has 0 aliphatic carbocycles. The lowest BCUT2D eigenvalue weighted by Crippen LogP contribution is -2.52. The van der Waals surface area contributed by atoms with Crippen molar-refractivity contribution >= 4 is 58.6 Å². The predicted molar refractivity (Wildman–Crippen MR) is 248 cm³/mol. The lowest BCUT2D eigenvalue weighted by atomic mass is 9.71. The van der Waals surface area contributed by atoms with Crippen molar-refractivity contribution in [2.24, 2.45) is 11.1 Å². The third-order valence-corrected chi connectivity index (χ3v) is 14.8. The van der Waals surface area contributed by atoms with E-state index in [0.29, 0.717) is 62.9 Å². The molecule has 7 amide bonds. The van der Waals surface area contributed by atoms with E-state index in [2.05, 4.69) is 37.6 Å². The molecule has 5 fully saturated rings. The number of fused-ring (bicyclic) bond motifs is 1. The average molecular weight is 906 g/mol. The van der Waals surface area contributed by atoms with E-state index in [-0.39, 0.29) is 48.8 Å². The molecule has 1 spiro atoms. The van der Waals surface area contributed by atoms with E-state index in [4.69, 9.17) is 15.5 Å². The molecule has 3 aromatic rings. The van der Waals surface area contributed by atoms with Gasteiger partial charge in [-0.1, -0.05) is 12.1 Å². The summed E-state index contributed by atoms with van der Waals surface area (Å²) in [5, 5.41) is 5.65. The molecule has 2 atom stereocenters. The summed E-state index contributed by atoms with van der Waals surface area (Å²) in [4.78, 5) is 96.6. The highest BCUT2D eigenvalue weighted by atomic mass is 16.5. The number of ether oxygens (including phenoxy) is 1. The van der Waals surface area contributed by atoms with Crippen molar-refractivity contribution in [1.82, 2.24) is 34.9 Å². The van der Waals surface area contributed by atoms with Crippen LogP contribution in [0, 0.1) is 5.41 Å². The number of nitrogens with two attached hydrogens (primary N) is 1. The number of urea groups is 1. The Kier molecular flexibility index (Phi) is 13.1. The number of anilines is 4. The minimum absolute atomic E-state index is 0. The summed E-state index contributed by atoms with van der Waals surface area (Å²) in [7, 11) is 1.83. The fraction of sp³-hybridized carbons (Fsp3) is 0.542. The molecular weight excluding hydrogens is 843 g/mol. The largest absolute Gasteiger partial charge is 0.381 e. The molecule has 9 rings (SSSR count). The summed E-state index contributed by atoms with van der Waals surface area (Å²) in [6.07, 6.45) is 9.93. The maximum atomic E-state index is 13.2. The molecule has 6 aliphatic heterocycles. The number of likely N-dealkylation sites (tertiary alicyclic amines) is 1.